The van der Waals surface area contributed by atoms with Gasteiger partial charge in [0.1, 0.15) is 18.2 Å². The Labute approximate surface area is 194 Å². The molecule has 5 rings (SSSR count). The SMILES string of the molecule is CC(C)=CCC[N+]12CCC(CC1)[C@@H](OC(=O)OC(c1cccc(F)c1)c1cccc(F)c1)C2. The summed E-state index contributed by atoms with van der Waals surface area (Å²) in [5.41, 5.74) is 2.17. The van der Waals surface area contributed by atoms with Crippen LogP contribution in [-0.4, -0.2) is 42.9 Å². The Morgan fingerprint density at radius 1 is 1.06 bits per heavy atom. The number of carbonyl (C=O) groups is 1. The molecule has 2 aromatic rings. The number of quaternary nitrogens is 1. The number of allylic oxidation sites excluding steroid dienone is 1. The molecule has 0 amide bonds. The van der Waals surface area contributed by atoms with Crippen molar-refractivity contribution in [3.63, 3.8) is 0 Å². The van der Waals surface area contributed by atoms with E-state index in [9.17, 15) is 13.6 Å². The number of benzene rings is 2. The highest BCUT2D eigenvalue weighted by Crippen LogP contribution is 2.36. The van der Waals surface area contributed by atoms with Gasteiger partial charge in [0.2, 0.25) is 0 Å². The molecule has 176 valence electrons. The molecule has 0 radical (unpaired) electrons. The molecule has 2 bridgehead atoms. The second-order valence-electron chi connectivity index (χ2n) is 9.62. The van der Waals surface area contributed by atoms with Gasteiger partial charge in [-0.3, -0.25) is 0 Å². The Balaban J connectivity index is 1.47. The fourth-order valence-corrected chi connectivity index (χ4v) is 5.21. The lowest BCUT2D eigenvalue weighted by Crippen LogP contribution is -2.64. The second-order valence-corrected chi connectivity index (χ2v) is 9.62. The van der Waals surface area contributed by atoms with Gasteiger partial charge in [-0.05, 0) is 38.1 Å². The maximum atomic E-state index is 13.9. The van der Waals surface area contributed by atoms with Crippen molar-refractivity contribution in [3.05, 3.63) is 82.9 Å². The van der Waals surface area contributed by atoms with E-state index in [1.165, 1.54) is 29.8 Å². The van der Waals surface area contributed by atoms with Crippen molar-refractivity contribution >= 4 is 6.16 Å². The van der Waals surface area contributed by atoms with Gasteiger partial charge in [0.05, 0.1) is 19.6 Å². The Morgan fingerprint density at radius 3 is 2.21 bits per heavy atom. The summed E-state index contributed by atoms with van der Waals surface area (Å²) < 4.78 is 40.2. The molecule has 6 heteroatoms. The average Bonchev–Trinajstić information content (AvgIpc) is 2.78. The number of ether oxygens (including phenoxy) is 2. The minimum Gasteiger partial charge on any atom is -0.425 e. The lowest BCUT2D eigenvalue weighted by molar-refractivity contribution is -0.945. The van der Waals surface area contributed by atoms with Crippen LogP contribution in [0, 0.1) is 17.6 Å². The van der Waals surface area contributed by atoms with Crippen molar-refractivity contribution in [2.75, 3.05) is 26.2 Å². The lowest BCUT2D eigenvalue weighted by atomic mass is 9.83. The number of nitrogens with zero attached hydrogens (tertiary/aromatic N) is 1. The number of carbonyl (C=O) groups excluding carboxylic acids is 1. The molecule has 33 heavy (non-hydrogen) atoms. The van der Waals surface area contributed by atoms with Gasteiger partial charge in [-0.25, -0.2) is 13.6 Å². The van der Waals surface area contributed by atoms with Gasteiger partial charge in [0.25, 0.3) is 0 Å². The van der Waals surface area contributed by atoms with Gasteiger partial charge in [0, 0.05) is 36.3 Å². The Hall–Kier alpha value is -2.73. The van der Waals surface area contributed by atoms with Crippen molar-refractivity contribution in [2.45, 2.75) is 45.3 Å². The summed E-state index contributed by atoms with van der Waals surface area (Å²) in [6, 6.07) is 11.6. The van der Waals surface area contributed by atoms with Crippen LogP contribution in [0.1, 0.15) is 50.3 Å². The third-order valence-electron chi connectivity index (χ3n) is 6.96. The number of halogens is 2. The van der Waals surface area contributed by atoms with Crippen LogP contribution in [0.3, 0.4) is 0 Å². The lowest BCUT2D eigenvalue weighted by Gasteiger charge is -2.51. The zero-order valence-corrected chi connectivity index (χ0v) is 19.3. The number of fused-ring (bicyclic) bond motifs is 3. The smallest absolute Gasteiger partial charge is 0.425 e. The molecular weight excluding hydrogens is 424 g/mol. The topological polar surface area (TPSA) is 35.5 Å². The predicted molar refractivity (Wildman–Crippen MR) is 122 cm³/mol. The van der Waals surface area contributed by atoms with E-state index in [4.69, 9.17) is 9.47 Å². The van der Waals surface area contributed by atoms with Crippen LogP contribution >= 0.6 is 0 Å². The van der Waals surface area contributed by atoms with Gasteiger partial charge in [-0.15, -0.1) is 0 Å². The minimum absolute atomic E-state index is 0.202. The Kier molecular flexibility index (Phi) is 7.13. The van der Waals surface area contributed by atoms with Gasteiger partial charge >= 0.3 is 6.16 Å². The number of hydrogen-bond acceptors (Lipinski definition) is 3. The number of hydrogen-bond donors (Lipinski definition) is 0. The Bertz CT molecular complexity index is 964. The van der Waals surface area contributed by atoms with E-state index in [2.05, 4.69) is 19.9 Å². The standard InChI is InChI=1S/C27H32F2NO3/c1-19(2)6-5-13-30-14-11-20(12-15-30)25(18-30)32-27(31)33-26(21-7-3-9-23(28)16-21)22-8-4-10-24(29)17-22/h3-4,6-10,16-17,20,25-26H,5,11-15,18H2,1-2H3/q+1/t20?,25-,30?/m0/s1. The molecule has 3 aliphatic heterocycles. The normalized spacial score (nSPS) is 23.9. The minimum atomic E-state index is -0.953. The molecule has 3 saturated heterocycles. The van der Waals surface area contributed by atoms with Gasteiger partial charge < -0.3 is 14.0 Å². The van der Waals surface area contributed by atoms with Crippen LogP contribution in [0.15, 0.2) is 60.2 Å². The molecular formula is C27H32F2NO3+. The van der Waals surface area contributed by atoms with Crippen LogP contribution in [-0.2, 0) is 9.47 Å². The second kappa shape index (κ2) is 10.0. The fourth-order valence-electron chi connectivity index (χ4n) is 5.21. The summed E-state index contributed by atoms with van der Waals surface area (Å²) in [6.07, 6.45) is 3.40. The van der Waals surface area contributed by atoms with Crippen molar-refractivity contribution in [3.8, 4) is 0 Å². The van der Waals surface area contributed by atoms with Crippen molar-refractivity contribution in [1.82, 2.24) is 0 Å². The van der Waals surface area contributed by atoms with Gasteiger partial charge in [0.15, 0.2) is 12.2 Å². The summed E-state index contributed by atoms with van der Waals surface area (Å²) >= 11 is 0. The molecule has 0 saturated carbocycles. The summed E-state index contributed by atoms with van der Waals surface area (Å²) in [5.74, 6) is -0.570. The number of rotatable bonds is 7. The van der Waals surface area contributed by atoms with E-state index in [1.54, 1.807) is 24.3 Å². The first-order valence-electron chi connectivity index (χ1n) is 11.7. The van der Waals surface area contributed by atoms with Crippen LogP contribution in [0.4, 0.5) is 13.6 Å². The third-order valence-corrected chi connectivity index (χ3v) is 6.96. The first-order chi connectivity index (χ1) is 15.8. The molecule has 1 atom stereocenters. The van der Waals surface area contributed by atoms with Crippen LogP contribution in [0.2, 0.25) is 0 Å². The number of piperidine rings is 3. The largest absolute Gasteiger partial charge is 0.509 e. The maximum Gasteiger partial charge on any atom is 0.509 e. The highest BCUT2D eigenvalue weighted by molar-refractivity contribution is 5.61. The van der Waals surface area contributed by atoms with E-state index in [1.807, 2.05) is 0 Å². The van der Waals surface area contributed by atoms with Crippen LogP contribution in [0.25, 0.3) is 0 Å². The first-order valence-corrected chi connectivity index (χ1v) is 11.7. The molecule has 2 aromatic carbocycles. The molecule has 0 aliphatic carbocycles. The van der Waals surface area contributed by atoms with Crippen LogP contribution < -0.4 is 0 Å². The van der Waals surface area contributed by atoms with E-state index in [-0.39, 0.29) is 6.10 Å². The fraction of sp³-hybridized carbons (Fsp3) is 0.444. The summed E-state index contributed by atoms with van der Waals surface area (Å²) in [7, 11) is 0. The van der Waals surface area contributed by atoms with E-state index >= 15 is 0 Å². The first kappa shape index (κ1) is 23.4. The van der Waals surface area contributed by atoms with Crippen molar-refractivity contribution in [1.29, 1.82) is 0 Å². The summed E-state index contributed by atoms with van der Waals surface area (Å²) in [6.45, 7) is 8.29. The van der Waals surface area contributed by atoms with Gasteiger partial charge in [-0.1, -0.05) is 35.9 Å². The average molecular weight is 457 g/mol. The zero-order valence-electron chi connectivity index (χ0n) is 19.3. The predicted octanol–water partition coefficient (Wildman–Crippen LogP) is 6.17. The maximum absolute atomic E-state index is 13.9. The molecule has 3 fully saturated rings. The highest BCUT2D eigenvalue weighted by atomic mass is 19.1. The quantitative estimate of drug-likeness (QED) is 0.284. The zero-order chi connectivity index (χ0) is 23.4. The monoisotopic (exact) mass is 456 g/mol. The highest BCUT2D eigenvalue weighted by Gasteiger charge is 2.47. The van der Waals surface area contributed by atoms with Crippen molar-refractivity contribution in [2.24, 2.45) is 5.92 Å². The summed E-state index contributed by atoms with van der Waals surface area (Å²) in [4.78, 5) is 12.9. The summed E-state index contributed by atoms with van der Waals surface area (Å²) in [5, 5.41) is 0. The molecule has 4 nitrogen and oxygen atoms in total. The van der Waals surface area contributed by atoms with E-state index < -0.39 is 23.9 Å². The van der Waals surface area contributed by atoms with Crippen LogP contribution in [0.5, 0.6) is 0 Å². The molecule has 3 heterocycles. The van der Waals surface area contributed by atoms with Crippen molar-refractivity contribution < 1.29 is 27.5 Å². The van der Waals surface area contributed by atoms with E-state index in [0.717, 1.165) is 49.9 Å². The molecule has 0 aromatic heterocycles. The third kappa shape index (κ3) is 5.80. The molecule has 0 spiro atoms. The molecule has 0 N–H and O–H groups in total. The molecule has 3 aliphatic rings. The molecule has 0 unspecified atom stereocenters. The van der Waals surface area contributed by atoms with E-state index in [0.29, 0.717) is 17.0 Å². The Morgan fingerprint density at radius 2 is 1.67 bits per heavy atom. The van der Waals surface area contributed by atoms with Gasteiger partial charge in [-0.2, -0.15) is 0 Å².